The number of nitrogens with zero attached hydrogens (tertiary/aromatic N) is 1. The van der Waals surface area contributed by atoms with Crippen molar-refractivity contribution in [3.8, 4) is 0 Å². The van der Waals surface area contributed by atoms with Crippen molar-refractivity contribution in [1.82, 2.24) is 0 Å². The number of hydrogen-bond acceptors (Lipinski definition) is 1. The Labute approximate surface area is 122 Å². The first kappa shape index (κ1) is 15.5. The lowest BCUT2D eigenvalue weighted by Gasteiger charge is -2.39. The molecule has 5 heteroatoms. The number of rotatable bonds is 2. The molecule has 2 unspecified atom stereocenters. The van der Waals surface area contributed by atoms with E-state index in [4.69, 9.17) is 11.6 Å². The van der Waals surface area contributed by atoms with Crippen LogP contribution in [0.25, 0.3) is 0 Å². The zero-order valence-corrected chi connectivity index (χ0v) is 12.4. The third kappa shape index (κ3) is 3.22. The van der Waals surface area contributed by atoms with Gasteiger partial charge in [-0.05, 0) is 43.4 Å². The second kappa shape index (κ2) is 5.84. The molecule has 1 aromatic carbocycles. The molecule has 1 aliphatic rings. The van der Waals surface area contributed by atoms with E-state index < -0.39 is 11.7 Å². The molecule has 1 saturated heterocycles. The van der Waals surface area contributed by atoms with Gasteiger partial charge >= 0.3 is 6.18 Å². The zero-order chi connectivity index (χ0) is 14.9. The van der Waals surface area contributed by atoms with Gasteiger partial charge in [0, 0.05) is 24.2 Å². The summed E-state index contributed by atoms with van der Waals surface area (Å²) in [5.74, 6) is 0.661. The minimum Gasteiger partial charge on any atom is -0.368 e. The van der Waals surface area contributed by atoms with Crippen molar-refractivity contribution in [1.29, 1.82) is 0 Å². The normalized spacial score (nSPS) is 24.0. The molecule has 112 valence electrons. The summed E-state index contributed by atoms with van der Waals surface area (Å²) in [4.78, 5) is 1.88. The van der Waals surface area contributed by atoms with Crippen molar-refractivity contribution in [3.05, 3.63) is 29.3 Å². The lowest BCUT2D eigenvalue weighted by atomic mass is 9.92. The summed E-state index contributed by atoms with van der Waals surface area (Å²) in [6.07, 6.45) is -2.49. The zero-order valence-electron chi connectivity index (χ0n) is 11.7. The Kier molecular flexibility index (Phi) is 4.52. The highest BCUT2D eigenvalue weighted by atomic mass is 35.5. The van der Waals surface area contributed by atoms with Crippen molar-refractivity contribution in [2.24, 2.45) is 5.92 Å². The summed E-state index contributed by atoms with van der Waals surface area (Å²) in [5.41, 5.74) is 0.212. The number of piperidine rings is 1. The molecule has 0 aliphatic carbocycles. The Bertz CT molecular complexity index is 473. The van der Waals surface area contributed by atoms with E-state index in [9.17, 15) is 13.2 Å². The Hall–Kier alpha value is -0.900. The molecule has 2 atom stereocenters. The van der Waals surface area contributed by atoms with Crippen molar-refractivity contribution in [2.75, 3.05) is 11.4 Å². The van der Waals surface area contributed by atoms with Crippen LogP contribution in [0.3, 0.4) is 0 Å². The molecule has 1 aromatic rings. The van der Waals surface area contributed by atoms with Gasteiger partial charge in [0.2, 0.25) is 0 Å². The molecule has 1 nitrogen and oxygen atoms in total. The van der Waals surface area contributed by atoms with Gasteiger partial charge in [0.25, 0.3) is 0 Å². The summed E-state index contributed by atoms with van der Waals surface area (Å²) < 4.78 is 39.8. The fraction of sp³-hybridized carbons (Fsp3) is 0.600. The minimum absolute atomic E-state index is 0.0932. The fourth-order valence-corrected chi connectivity index (χ4v) is 3.08. The first-order valence-electron chi connectivity index (χ1n) is 6.85. The van der Waals surface area contributed by atoms with Crippen molar-refractivity contribution < 1.29 is 13.2 Å². The molecule has 0 bridgehead atoms. The maximum atomic E-state index is 13.3. The van der Waals surface area contributed by atoms with Crippen molar-refractivity contribution >= 4 is 17.3 Å². The standard InChI is InChI=1S/C15H19ClF3N/c1-10-5-6-20(11(2)7-10)14-4-3-12(9-16)8-13(14)15(17,18)19/h3-4,8,10-11H,5-7,9H2,1-2H3. The average molecular weight is 306 g/mol. The molecule has 0 aromatic heterocycles. The van der Waals surface area contributed by atoms with Crippen LogP contribution in [0.15, 0.2) is 18.2 Å². The van der Waals surface area contributed by atoms with Crippen LogP contribution in [-0.2, 0) is 12.1 Å². The Morgan fingerprint density at radius 2 is 2.00 bits per heavy atom. The monoisotopic (exact) mass is 305 g/mol. The highest BCUT2D eigenvalue weighted by molar-refractivity contribution is 6.17. The molecule has 1 aliphatic heterocycles. The van der Waals surface area contributed by atoms with Crippen LogP contribution in [-0.4, -0.2) is 12.6 Å². The van der Waals surface area contributed by atoms with Gasteiger partial charge in [-0.1, -0.05) is 13.0 Å². The fourth-order valence-electron chi connectivity index (χ4n) is 2.91. The SMILES string of the molecule is CC1CCN(c2ccc(CCl)cc2C(F)(F)F)C(C)C1. The van der Waals surface area contributed by atoms with Gasteiger partial charge in [-0.2, -0.15) is 13.2 Å². The van der Waals surface area contributed by atoms with Gasteiger partial charge in [-0.3, -0.25) is 0 Å². The molecular weight excluding hydrogens is 287 g/mol. The molecule has 0 saturated carbocycles. The van der Waals surface area contributed by atoms with Gasteiger partial charge in [0.05, 0.1) is 5.56 Å². The number of benzene rings is 1. The van der Waals surface area contributed by atoms with Crippen LogP contribution < -0.4 is 4.90 Å². The molecule has 1 fully saturated rings. The smallest absolute Gasteiger partial charge is 0.368 e. The Morgan fingerprint density at radius 1 is 1.30 bits per heavy atom. The van der Waals surface area contributed by atoms with Gasteiger partial charge in [-0.25, -0.2) is 0 Å². The van der Waals surface area contributed by atoms with Crippen molar-refractivity contribution in [3.63, 3.8) is 0 Å². The van der Waals surface area contributed by atoms with Crippen molar-refractivity contribution in [2.45, 2.75) is 44.8 Å². The molecular formula is C15H19ClF3N. The average Bonchev–Trinajstić information content (AvgIpc) is 2.37. The third-order valence-electron chi connectivity index (χ3n) is 3.97. The van der Waals surface area contributed by atoms with Crippen LogP contribution in [0.1, 0.15) is 37.8 Å². The topological polar surface area (TPSA) is 3.24 Å². The first-order chi connectivity index (χ1) is 9.32. The van der Waals surface area contributed by atoms with Crippen LogP contribution >= 0.6 is 11.6 Å². The highest BCUT2D eigenvalue weighted by Gasteiger charge is 2.36. The summed E-state index contributed by atoms with van der Waals surface area (Å²) in [6, 6.07) is 4.55. The van der Waals surface area contributed by atoms with E-state index in [1.165, 1.54) is 6.07 Å². The lowest BCUT2D eigenvalue weighted by molar-refractivity contribution is -0.137. The summed E-state index contributed by atoms with van der Waals surface area (Å²) in [6.45, 7) is 4.81. The van der Waals surface area contributed by atoms with E-state index in [2.05, 4.69) is 6.92 Å². The maximum absolute atomic E-state index is 13.3. The largest absolute Gasteiger partial charge is 0.418 e. The molecule has 1 heterocycles. The van der Waals surface area contributed by atoms with Crippen LogP contribution in [0.4, 0.5) is 18.9 Å². The molecule has 0 amide bonds. The van der Waals surface area contributed by atoms with Gasteiger partial charge in [0.15, 0.2) is 0 Å². The molecule has 0 N–H and O–H groups in total. The van der Waals surface area contributed by atoms with E-state index in [0.717, 1.165) is 12.8 Å². The first-order valence-corrected chi connectivity index (χ1v) is 7.39. The number of hydrogen-bond donors (Lipinski definition) is 0. The minimum atomic E-state index is -4.35. The van der Waals surface area contributed by atoms with Crippen LogP contribution in [0.2, 0.25) is 0 Å². The van der Waals surface area contributed by atoms with E-state index in [0.29, 0.717) is 18.0 Å². The highest BCUT2D eigenvalue weighted by Crippen LogP contribution is 2.40. The quantitative estimate of drug-likeness (QED) is 0.690. The lowest BCUT2D eigenvalue weighted by Crippen LogP contribution is -2.41. The number of anilines is 1. The predicted octanol–water partition coefficient (Wildman–Crippen LogP) is 5.07. The summed E-state index contributed by atoms with van der Waals surface area (Å²) in [7, 11) is 0. The van der Waals surface area contributed by atoms with Crippen LogP contribution in [0, 0.1) is 5.92 Å². The molecule has 0 spiro atoms. The van der Waals surface area contributed by atoms with Gasteiger partial charge in [-0.15, -0.1) is 11.6 Å². The molecule has 0 radical (unpaired) electrons. The Balaban J connectivity index is 2.40. The summed E-state index contributed by atoms with van der Waals surface area (Å²) >= 11 is 5.65. The van der Waals surface area contributed by atoms with Crippen LogP contribution in [0.5, 0.6) is 0 Å². The molecule has 2 rings (SSSR count). The van der Waals surface area contributed by atoms with E-state index in [1.54, 1.807) is 12.1 Å². The maximum Gasteiger partial charge on any atom is 0.418 e. The second-order valence-corrected chi connectivity index (χ2v) is 5.92. The van der Waals surface area contributed by atoms with E-state index in [-0.39, 0.29) is 17.6 Å². The second-order valence-electron chi connectivity index (χ2n) is 5.65. The van der Waals surface area contributed by atoms with Gasteiger partial charge < -0.3 is 4.90 Å². The predicted molar refractivity (Wildman–Crippen MR) is 76.2 cm³/mol. The summed E-state index contributed by atoms with van der Waals surface area (Å²) in [5, 5.41) is 0. The Morgan fingerprint density at radius 3 is 2.55 bits per heavy atom. The third-order valence-corrected chi connectivity index (χ3v) is 4.28. The number of alkyl halides is 4. The van der Waals surface area contributed by atoms with E-state index >= 15 is 0 Å². The van der Waals surface area contributed by atoms with Gasteiger partial charge in [0.1, 0.15) is 0 Å². The van der Waals surface area contributed by atoms with E-state index in [1.807, 2.05) is 11.8 Å². The number of halogens is 4. The molecule has 20 heavy (non-hydrogen) atoms.